The number of aromatic nitrogens is 3. The summed E-state index contributed by atoms with van der Waals surface area (Å²) in [6.07, 6.45) is 0. The van der Waals surface area contributed by atoms with Crippen molar-refractivity contribution in [2.45, 2.75) is 23.9 Å². The second-order valence-corrected chi connectivity index (χ2v) is 8.57. The highest BCUT2D eigenvalue weighted by Crippen LogP contribution is 2.27. The van der Waals surface area contributed by atoms with Crippen LogP contribution in [0.25, 0.3) is 5.69 Å². The average Bonchev–Trinajstić information content (AvgIpc) is 3.26. The molecular formula is C25H23FN4O3S. The number of ether oxygens (including phenoxy) is 2. The van der Waals surface area contributed by atoms with E-state index in [1.165, 1.54) is 17.8 Å². The zero-order chi connectivity index (χ0) is 23.9. The minimum atomic E-state index is -0.464. The average molecular weight is 479 g/mol. The molecule has 0 spiro atoms. The molecule has 0 aliphatic heterocycles. The van der Waals surface area contributed by atoms with Gasteiger partial charge in [-0.3, -0.25) is 9.36 Å². The summed E-state index contributed by atoms with van der Waals surface area (Å²) in [5.74, 6) is 0.696. The fraction of sp³-hybridized carbons (Fsp3) is 0.160. The van der Waals surface area contributed by atoms with Crippen LogP contribution in [0.15, 0.2) is 84.0 Å². The molecule has 1 atom stereocenters. The molecule has 7 nitrogen and oxygen atoms in total. The van der Waals surface area contributed by atoms with Gasteiger partial charge in [0.25, 0.3) is 0 Å². The molecule has 0 radical (unpaired) electrons. The topological polar surface area (TPSA) is 78.3 Å². The Kier molecular flexibility index (Phi) is 7.44. The Hall–Kier alpha value is -3.85. The van der Waals surface area contributed by atoms with Crippen molar-refractivity contribution in [2.24, 2.45) is 0 Å². The minimum Gasteiger partial charge on any atom is -0.497 e. The quantitative estimate of drug-likeness (QED) is 0.337. The lowest BCUT2D eigenvalue weighted by Gasteiger charge is -2.14. The first-order valence-electron chi connectivity index (χ1n) is 10.5. The number of halogens is 1. The molecular weight excluding hydrogens is 455 g/mol. The van der Waals surface area contributed by atoms with Crippen molar-refractivity contribution in [3.05, 3.63) is 90.5 Å². The first-order valence-corrected chi connectivity index (χ1v) is 11.4. The molecule has 0 aliphatic rings. The van der Waals surface area contributed by atoms with Gasteiger partial charge in [0.1, 0.15) is 12.4 Å². The predicted octanol–water partition coefficient (Wildman–Crippen LogP) is 5.11. The molecule has 174 valence electrons. The van der Waals surface area contributed by atoms with Crippen molar-refractivity contribution in [2.75, 3.05) is 12.4 Å². The number of benzene rings is 3. The third-order valence-electron chi connectivity index (χ3n) is 4.92. The molecule has 1 heterocycles. The van der Waals surface area contributed by atoms with Crippen LogP contribution >= 0.6 is 11.8 Å². The Labute approximate surface area is 200 Å². The van der Waals surface area contributed by atoms with Gasteiger partial charge >= 0.3 is 0 Å². The molecule has 1 amide bonds. The number of hydrogen-bond donors (Lipinski definition) is 1. The number of carbonyl (C=O) groups excluding carboxylic acids is 1. The monoisotopic (exact) mass is 478 g/mol. The van der Waals surface area contributed by atoms with Crippen LogP contribution in [-0.2, 0) is 11.4 Å². The van der Waals surface area contributed by atoms with Crippen LogP contribution in [0.3, 0.4) is 0 Å². The van der Waals surface area contributed by atoms with Crippen molar-refractivity contribution in [3.8, 4) is 17.2 Å². The van der Waals surface area contributed by atoms with Crippen LogP contribution in [0, 0.1) is 5.82 Å². The van der Waals surface area contributed by atoms with E-state index in [9.17, 15) is 9.18 Å². The molecule has 0 aliphatic carbocycles. The first-order chi connectivity index (χ1) is 16.5. The standard InChI is InChI=1S/C25H23FN4O3S/c1-17(24(31)27-18-12-14-20(32-2)15-13-18)34-25-29-28-23(30(25)19-8-4-3-5-9-19)16-33-22-11-7-6-10-21(22)26/h3-15,17H,16H2,1-2H3,(H,27,31). The third kappa shape index (κ3) is 5.55. The fourth-order valence-corrected chi connectivity index (χ4v) is 4.03. The number of rotatable bonds is 9. The van der Waals surface area contributed by atoms with Gasteiger partial charge < -0.3 is 14.8 Å². The number of hydrogen-bond acceptors (Lipinski definition) is 6. The van der Waals surface area contributed by atoms with Crippen LogP contribution in [0.5, 0.6) is 11.5 Å². The number of anilines is 1. The number of nitrogens with zero attached hydrogens (tertiary/aromatic N) is 3. The lowest BCUT2D eigenvalue weighted by Crippen LogP contribution is -2.23. The minimum absolute atomic E-state index is 0.00974. The molecule has 0 fully saturated rings. The van der Waals surface area contributed by atoms with Gasteiger partial charge in [-0.25, -0.2) is 4.39 Å². The largest absolute Gasteiger partial charge is 0.497 e. The third-order valence-corrected chi connectivity index (χ3v) is 5.96. The van der Waals surface area contributed by atoms with Crippen LogP contribution in [0.1, 0.15) is 12.7 Å². The predicted molar refractivity (Wildman–Crippen MR) is 129 cm³/mol. The zero-order valence-electron chi connectivity index (χ0n) is 18.6. The Balaban J connectivity index is 1.52. The molecule has 34 heavy (non-hydrogen) atoms. The van der Waals surface area contributed by atoms with E-state index in [-0.39, 0.29) is 18.3 Å². The fourth-order valence-electron chi connectivity index (χ4n) is 3.14. The number of thioether (sulfide) groups is 1. The van der Waals surface area contributed by atoms with E-state index in [0.717, 1.165) is 5.69 Å². The number of carbonyl (C=O) groups is 1. The van der Waals surface area contributed by atoms with Crippen molar-refractivity contribution in [3.63, 3.8) is 0 Å². The summed E-state index contributed by atoms with van der Waals surface area (Å²) in [6.45, 7) is 1.80. The Morgan fingerprint density at radius 3 is 2.44 bits per heavy atom. The van der Waals surface area contributed by atoms with Gasteiger partial charge in [-0.05, 0) is 55.5 Å². The molecule has 0 saturated heterocycles. The van der Waals surface area contributed by atoms with E-state index in [2.05, 4.69) is 15.5 Å². The first kappa shape index (κ1) is 23.3. The SMILES string of the molecule is COc1ccc(NC(=O)C(C)Sc2nnc(COc3ccccc3F)n2-c2ccccc2)cc1. The summed E-state index contributed by atoms with van der Waals surface area (Å²) in [5.41, 5.74) is 1.48. The van der Waals surface area contributed by atoms with Crippen molar-refractivity contribution < 1.29 is 18.7 Å². The molecule has 1 unspecified atom stereocenters. The molecule has 0 bridgehead atoms. The van der Waals surface area contributed by atoms with Gasteiger partial charge in [0.15, 0.2) is 22.5 Å². The van der Waals surface area contributed by atoms with Gasteiger partial charge in [-0.1, -0.05) is 42.1 Å². The molecule has 0 saturated carbocycles. The summed E-state index contributed by atoms with van der Waals surface area (Å²) < 4.78 is 26.6. The van der Waals surface area contributed by atoms with Crippen molar-refractivity contribution in [1.82, 2.24) is 14.8 Å². The number of methoxy groups -OCH3 is 1. The Morgan fingerprint density at radius 2 is 1.74 bits per heavy atom. The van der Waals surface area contributed by atoms with Gasteiger partial charge in [-0.2, -0.15) is 0 Å². The molecule has 1 aromatic heterocycles. The van der Waals surface area contributed by atoms with Crippen LogP contribution in [0.4, 0.5) is 10.1 Å². The zero-order valence-corrected chi connectivity index (χ0v) is 19.5. The van der Waals surface area contributed by atoms with Crippen LogP contribution < -0.4 is 14.8 Å². The number of para-hydroxylation sites is 2. The lowest BCUT2D eigenvalue weighted by atomic mass is 10.3. The van der Waals surface area contributed by atoms with E-state index in [1.54, 1.807) is 56.5 Å². The van der Waals surface area contributed by atoms with E-state index in [1.807, 2.05) is 34.9 Å². The van der Waals surface area contributed by atoms with Crippen LogP contribution in [0.2, 0.25) is 0 Å². The molecule has 1 N–H and O–H groups in total. The highest BCUT2D eigenvalue weighted by Gasteiger charge is 2.22. The highest BCUT2D eigenvalue weighted by atomic mass is 32.2. The number of nitrogens with one attached hydrogen (secondary N) is 1. The summed E-state index contributed by atoms with van der Waals surface area (Å²) >= 11 is 1.27. The van der Waals surface area contributed by atoms with E-state index in [0.29, 0.717) is 22.4 Å². The van der Waals surface area contributed by atoms with Gasteiger partial charge in [0, 0.05) is 11.4 Å². The summed E-state index contributed by atoms with van der Waals surface area (Å²) in [7, 11) is 1.59. The van der Waals surface area contributed by atoms with E-state index < -0.39 is 11.1 Å². The maximum atomic E-state index is 14.0. The van der Waals surface area contributed by atoms with Gasteiger partial charge in [-0.15, -0.1) is 10.2 Å². The molecule has 3 aromatic carbocycles. The second kappa shape index (κ2) is 10.8. The summed E-state index contributed by atoms with van der Waals surface area (Å²) in [5, 5.41) is 11.5. The summed E-state index contributed by atoms with van der Waals surface area (Å²) in [4.78, 5) is 12.8. The normalized spacial score (nSPS) is 11.6. The van der Waals surface area contributed by atoms with Crippen molar-refractivity contribution >= 4 is 23.4 Å². The highest BCUT2D eigenvalue weighted by molar-refractivity contribution is 8.00. The van der Waals surface area contributed by atoms with Crippen molar-refractivity contribution in [1.29, 1.82) is 0 Å². The van der Waals surface area contributed by atoms with Crippen LogP contribution in [-0.4, -0.2) is 33.0 Å². The summed E-state index contributed by atoms with van der Waals surface area (Å²) in [6, 6.07) is 22.8. The second-order valence-electron chi connectivity index (χ2n) is 7.27. The smallest absolute Gasteiger partial charge is 0.237 e. The Bertz CT molecular complexity index is 1250. The maximum Gasteiger partial charge on any atom is 0.237 e. The van der Waals surface area contributed by atoms with E-state index in [4.69, 9.17) is 9.47 Å². The van der Waals surface area contributed by atoms with E-state index >= 15 is 0 Å². The van der Waals surface area contributed by atoms with Gasteiger partial charge in [0.2, 0.25) is 5.91 Å². The molecule has 4 aromatic rings. The lowest BCUT2D eigenvalue weighted by molar-refractivity contribution is -0.115. The maximum absolute atomic E-state index is 14.0. The molecule has 9 heteroatoms. The number of amides is 1. The molecule has 4 rings (SSSR count). The van der Waals surface area contributed by atoms with Gasteiger partial charge in [0.05, 0.1) is 12.4 Å². The Morgan fingerprint density at radius 1 is 1.03 bits per heavy atom.